The van der Waals surface area contributed by atoms with E-state index in [1.54, 1.807) is 0 Å². The maximum atomic E-state index is 13.5. The van der Waals surface area contributed by atoms with Gasteiger partial charge in [-0.2, -0.15) is 0 Å². The van der Waals surface area contributed by atoms with Crippen LogP contribution in [-0.2, 0) is 10.0 Å². The lowest BCUT2D eigenvalue weighted by atomic mass is 10.2. The third-order valence-electron chi connectivity index (χ3n) is 2.49. The van der Waals surface area contributed by atoms with Crippen LogP contribution in [0, 0.1) is 21.7 Å². The molecule has 0 heterocycles. The molecule has 0 aliphatic rings. The third-order valence-corrected chi connectivity index (χ3v) is 4.32. The number of benzene rings is 1. The quantitative estimate of drug-likeness (QED) is 0.629. The Morgan fingerprint density at radius 2 is 1.95 bits per heavy atom. The first-order valence-corrected chi connectivity index (χ1v) is 7.04. The van der Waals surface area contributed by atoms with Crippen LogP contribution in [0.3, 0.4) is 0 Å². The van der Waals surface area contributed by atoms with Crippen LogP contribution in [0.1, 0.15) is 0 Å². The highest BCUT2D eigenvalue weighted by molar-refractivity contribution is 7.89. The molecule has 0 spiro atoms. The Bertz CT molecular complexity index is 619. The minimum atomic E-state index is -3.54. The van der Waals surface area contributed by atoms with E-state index < -0.39 is 43.7 Å². The maximum Gasteiger partial charge on any atom is 0.295 e. The van der Waals surface area contributed by atoms with Gasteiger partial charge < -0.3 is 5.32 Å². The molecule has 0 aromatic heterocycles. The van der Waals surface area contributed by atoms with Crippen molar-refractivity contribution in [3.05, 3.63) is 33.9 Å². The molecule has 0 aliphatic carbocycles. The molecule has 0 saturated heterocycles. The second-order valence-electron chi connectivity index (χ2n) is 4.04. The Balaban J connectivity index is 2.93. The molecule has 0 unspecified atom stereocenters. The number of nitrogens with one attached hydrogen (secondary N) is 1. The highest BCUT2D eigenvalue weighted by atomic mass is 32.2. The summed E-state index contributed by atoms with van der Waals surface area (Å²) in [5.74, 6) is -3.08. The highest BCUT2D eigenvalue weighted by Gasteiger charge is 2.22. The topological polar surface area (TPSA) is 92.6 Å². The SMILES string of the molecule is CN(C)S(=O)(=O)CCNc1c([N+](=O)[O-])ccc(F)c1F. The maximum absolute atomic E-state index is 13.5. The number of anilines is 1. The number of nitro benzene ring substituents is 1. The average Bonchev–Trinajstić information content (AvgIpc) is 2.33. The molecule has 1 rings (SSSR count). The van der Waals surface area contributed by atoms with E-state index in [-0.39, 0.29) is 6.54 Å². The number of sulfonamides is 1. The number of hydrogen-bond acceptors (Lipinski definition) is 5. The van der Waals surface area contributed by atoms with E-state index in [2.05, 4.69) is 5.32 Å². The largest absolute Gasteiger partial charge is 0.376 e. The van der Waals surface area contributed by atoms with Crippen molar-refractivity contribution < 1.29 is 22.1 Å². The Hall–Kier alpha value is -1.81. The Labute approximate surface area is 114 Å². The summed E-state index contributed by atoms with van der Waals surface area (Å²) < 4.78 is 50.5. The molecule has 1 aromatic carbocycles. The minimum Gasteiger partial charge on any atom is -0.376 e. The lowest BCUT2D eigenvalue weighted by Gasteiger charge is -2.12. The van der Waals surface area contributed by atoms with E-state index in [1.165, 1.54) is 14.1 Å². The fourth-order valence-corrected chi connectivity index (χ4v) is 2.07. The van der Waals surface area contributed by atoms with Gasteiger partial charge >= 0.3 is 0 Å². The van der Waals surface area contributed by atoms with E-state index in [1.807, 2.05) is 0 Å². The molecular weight excluding hydrogens is 296 g/mol. The van der Waals surface area contributed by atoms with Gasteiger partial charge in [0.05, 0.1) is 10.7 Å². The number of nitro groups is 1. The second kappa shape index (κ2) is 6.09. The van der Waals surface area contributed by atoms with E-state index in [0.717, 1.165) is 10.4 Å². The predicted molar refractivity (Wildman–Crippen MR) is 69.0 cm³/mol. The molecule has 1 N–H and O–H groups in total. The van der Waals surface area contributed by atoms with Gasteiger partial charge in [0.25, 0.3) is 5.69 Å². The van der Waals surface area contributed by atoms with Crippen molar-refractivity contribution in [3.8, 4) is 0 Å². The first-order valence-electron chi connectivity index (χ1n) is 5.43. The summed E-state index contributed by atoms with van der Waals surface area (Å²) >= 11 is 0. The molecule has 10 heteroatoms. The molecule has 0 fully saturated rings. The molecule has 0 bridgehead atoms. The van der Waals surface area contributed by atoms with Crippen molar-refractivity contribution in [1.29, 1.82) is 0 Å². The zero-order chi connectivity index (χ0) is 15.5. The molecule has 0 radical (unpaired) electrons. The lowest BCUT2D eigenvalue weighted by Crippen LogP contribution is -2.28. The molecule has 0 saturated carbocycles. The zero-order valence-corrected chi connectivity index (χ0v) is 11.6. The standard InChI is InChI=1S/C10H13F2N3O4S/c1-14(2)20(18,19)6-5-13-10-8(15(16)17)4-3-7(11)9(10)12/h3-4,13H,5-6H2,1-2H3. The van der Waals surface area contributed by atoms with Gasteiger partial charge in [0, 0.05) is 26.7 Å². The number of halogens is 2. The molecule has 0 atom stereocenters. The summed E-state index contributed by atoms with van der Waals surface area (Å²) in [7, 11) is -0.900. The van der Waals surface area contributed by atoms with Crippen LogP contribution in [-0.4, -0.2) is 44.0 Å². The van der Waals surface area contributed by atoms with Crippen molar-refractivity contribution in [2.24, 2.45) is 0 Å². The molecule has 112 valence electrons. The monoisotopic (exact) mass is 309 g/mol. The van der Waals surface area contributed by atoms with Gasteiger partial charge in [-0.3, -0.25) is 10.1 Å². The van der Waals surface area contributed by atoms with Gasteiger partial charge in [-0.1, -0.05) is 0 Å². The lowest BCUT2D eigenvalue weighted by molar-refractivity contribution is -0.384. The van der Waals surface area contributed by atoms with Gasteiger partial charge in [-0.05, 0) is 6.07 Å². The highest BCUT2D eigenvalue weighted by Crippen LogP contribution is 2.28. The third kappa shape index (κ3) is 3.61. The summed E-state index contributed by atoms with van der Waals surface area (Å²) in [6.45, 7) is -0.290. The van der Waals surface area contributed by atoms with Crippen LogP contribution in [0.5, 0.6) is 0 Å². The average molecular weight is 309 g/mol. The summed E-state index contributed by atoms with van der Waals surface area (Å²) in [6.07, 6.45) is 0. The van der Waals surface area contributed by atoms with E-state index in [9.17, 15) is 27.3 Å². The summed E-state index contributed by atoms with van der Waals surface area (Å²) in [6, 6.07) is 1.44. The van der Waals surface area contributed by atoms with Crippen LogP contribution < -0.4 is 5.32 Å². The molecule has 1 aromatic rings. The number of hydrogen-bond donors (Lipinski definition) is 1. The molecule has 0 aliphatic heterocycles. The van der Waals surface area contributed by atoms with Crippen LogP contribution in [0.15, 0.2) is 12.1 Å². The second-order valence-corrected chi connectivity index (χ2v) is 6.34. The summed E-state index contributed by atoms with van der Waals surface area (Å²) in [5, 5.41) is 13.0. The first-order chi connectivity index (χ1) is 9.16. The fraction of sp³-hybridized carbons (Fsp3) is 0.400. The minimum absolute atomic E-state index is 0.290. The van der Waals surface area contributed by atoms with E-state index in [4.69, 9.17) is 0 Å². The van der Waals surface area contributed by atoms with E-state index >= 15 is 0 Å². The number of rotatable bonds is 6. The molecule has 20 heavy (non-hydrogen) atoms. The smallest absolute Gasteiger partial charge is 0.295 e. The van der Waals surface area contributed by atoms with Gasteiger partial charge in [-0.25, -0.2) is 21.5 Å². The van der Waals surface area contributed by atoms with Crippen LogP contribution in [0.4, 0.5) is 20.2 Å². The number of nitrogens with zero attached hydrogens (tertiary/aromatic N) is 2. The molecular formula is C10H13F2N3O4S. The zero-order valence-electron chi connectivity index (χ0n) is 10.8. The normalized spacial score (nSPS) is 11.7. The Kier molecular flexibility index (Phi) is 4.95. The predicted octanol–water partition coefficient (Wildman–Crippen LogP) is 1.18. The van der Waals surface area contributed by atoms with Gasteiger partial charge in [0.2, 0.25) is 10.0 Å². The van der Waals surface area contributed by atoms with Gasteiger partial charge in [-0.15, -0.1) is 0 Å². The summed E-state index contributed by atoms with van der Waals surface area (Å²) in [4.78, 5) is 9.82. The van der Waals surface area contributed by atoms with Crippen LogP contribution in [0.2, 0.25) is 0 Å². The van der Waals surface area contributed by atoms with Crippen molar-refractivity contribution in [2.45, 2.75) is 0 Å². The van der Waals surface area contributed by atoms with Gasteiger partial charge in [0.1, 0.15) is 0 Å². The van der Waals surface area contributed by atoms with Crippen LogP contribution >= 0.6 is 0 Å². The first kappa shape index (κ1) is 16.2. The van der Waals surface area contributed by atoms with Gasteiger partial charge in [0.15, 0.2) is 17.3 Å². The van der Waals surface area contributed by atoms with Crippen LogP contribution in [0.25, 0.3) is 0 Å². The van der Waals surface area contributed by atoms with E-state index in [0.29, 0.717) is 6.07 Å². The summed E-state index contributed by atoms with van der Waals surface area (Å²) in [5.41, 5.74) is -1.32. The van der Waals surface area contributed by atoms with Crippen molar-refractivity contribution >= 4 is 21.4 Å². The van der Waals surface area contributed by atoms with Crippen molar-refractivity contribution in [1.82, 2.24) is 4.31 Å². The Morgan fingerprint density at radius 1 is 1.35 bits per heavy atom. The Morgan fingerprint density at radius 3 is 2.45 bits per heavy atom. The molecule has 7 nitrogen and oxygen atoms in total. The molecule has 0 amide bonds. The van der Waals surface area contributed by atoms with Crippen molar-refractivity contribution in [3.63, 3.8) is 0 Å². The fourth-order valence-electron chi connectivity index (χ4n) is 1.35. The van der Waals surface area contributed by atoms with Crippen molar-refractivity contribution in [2.75, 3.05) is 31.7 Å².